The number of nitrogens with zero attached hydrogens (tertiary/aromatic N) is 1. The Labute approximate surface area is 117 Å². The fourth-order valence-electron chi connectivity index (χ4n) is 1.83. The number of carboxylic acid groups (broad SMARTS) is 1. The number of nitrogens with one attached hydrogen (secondary N) is 1. The van der Waals surface area contributed by atoms with Crippen LogP contribution in [0.2, 0.25) is 0 Å². The van der Waals surface area contributed by atoms with Gasteiger partial charge in [0.2, 0.25) is 0 Å². The normalized spacial score (nSPS) is 10.2. The predicted molar refractivity (Wildman–Crippen MR) is 76.5 cm³/mol. The van der Waals surface area contributed by atoms with Crippen molar-refractivity contribution < 1.29 is 14.6 Å². The molecule has 0 aliphatic heterocycles. The molecule has 0 saturated carbocycles. The van der Waals surface area contributed by atoms with Gasteiger partial charge >= 0.3 is 5.97 Å². The van der Waals surface area contributed by atoms with Gasteiger partial charge in [0, 0.05) is 12.8 Å². The number of anilines is 2. The number of rotatable bonds is 6. The SMILES string of the molecule is COCCc1ccccc1Nc1cccc(C(=O)O)n1. The number of pyridine rings is 1. The smallest absolute Gasteiger partial charge is 0.354 e. The van der Waals surface area contributed by atoms with Crippen LogP contribution in [0.5, 0.6) is 0 Å². The third kappa shape index (κ3) is 3.55. The highest BCUT2D eigenvalue weighted by Crippen LogP contribution is 2.20. The van der Waals surface area contributed by atoms with Gasteiger partial charge in [0.15, 0.2) is 5.69 Å². The molecule has 0 aliphatic rings. The highest BCUT2D eigenvalue weighted by Gasteiger charge is 2.07. The van der Waals surface area contributed by atoms with E-state index in [4.69, 9.17) is 9.84 Å². The van der Waals surface area contributed by atoms with Crippen LogP contribution in [-0.4, -0.2) is 29.8 Å². The maximum absolute atomic E-state index is 10.9. The van der Waals surface area contributed by atoms with Crippen LogP contribution in [0, 0.1) is 0 Å². The number of hydrogen-bond donors (Lipinski definition) is 2. The first-order valence-corrected chi connectivity index (χ1v) is 6.25. The molecule has 0 bridgehead atoms. The number of hydrogen-bond acceptors (Lipinski definition) is 4. The van der Waals surface area contributed by atoms with E-state index in [2.05, 4.69) is 10.3 Å². The molecule has 0 fully saturated rings. The quantitative estimate of drug-likeness (QED) is 0.846. The van der Waals surface area contributed by atoms with Crippen LogP contribution in [0.25, 0.3) is 0 Å². The van der Waals surface area contributed by atoms with Crippen molar-refractivity contribution in [1.29, 1.82) is 0 Å². The van der Waals surface area contributed by atoms with Crippen molar-refractivity contribution in [2.24, 2.45) is 0 Å². The Kier molecular flexibility index (Phi) is 4.68. The van der Waals surface area contributed by atoms with Gasteiger partial charge in [-0.1, -0.05) is 24.3 Å². The van der Waals surface area contributed by atoms with Crippen molar-refractivity contribution in [2.45, 2.75) is 6.42 Å². The first-order valence-electron chi connectivity index (χ1n) is 6.25. The van der Waals surface area contributed by atoms with Gasteiger partial charge in [-0.2, -0.15) is 0 Å². The molecule has 2 N–H and O–H groups in total. The third-order valence-corrected chi connectivity index (χ3v) is 2.82. The number of methoxy groups -OCH3 is 1. The van der Waals surface area contributed by atoms with Crippen molar-refractivity contribution in [2.75, 3.05) is 19.0 Å². The second kappa shape index (κ2) is 6.68. The van der Waals surface area contributed by atoms with E-state index < -0.39 is 5.97 Å². The lowest BCUT2D eigenvalue weighted by atomic mass is 10.1. The standard InChI is InChI=1S/C15H16N2O3/c1-20-10-9-11-5-2-3-6-12(11)16-14-8-4-7-13(17-14)15(18)19/h2-8H,9-10H2,1H3,(H,16,17)(H,18,19). The lowest BCUT2D eigenvalue weighted by Gasteiger charge is -2.11. The number of aromatic nitrogens is 1. The summed E-state index contributed by atoms with van der Waals surface area (Å²) in [6.45, 7) is 0.626. The number of carbonyl (C=O) groups is 1. The van der Waals surface area contributed by atoms with Gasteiger partial charge in [0.05, 0.1) is 6.61 Å². The Bertz CT molecular complexity index is 599. The first-order chi connectivity index (χ1) is 9.70. The van der Waals surface area contributed by atoms with Gasteiger partial charge in [-0.25, -0.2) is 9.78 Å². The molecule has 0 aliphatic carbocycles. The maximum Gasteiger partial charge on any atom is 0.354 e. The van der Waals surface area contributed by atoms with Crippen LogP contribution in [0.1, 0.15) is 16.1 Å². The molecule has 2 aromatic rings. The molecule has 20 heavy (non-hydrogen) atoms. The highest BCUT2D eigenvalue weighted by atomic mass is 16.5. The summed E-state index contributed by atoms with van der Waals surface area (Å²) in [7, 11) is 1.66. The van der Waals surface area contributed by atoms with Gasteiger partial charge in [-0.3, -0.25) is 0 Å². The van der Waals surface area contributed by atoms with Crippen molar-refractivity contribution >= 4 is 17.5 Å². The summed E-state index contributed by atoms with van der Waals surface area (Å²) in [4.78, 5) is 15.0. The van der Waals surface area contributed by atoms with Crippen molar-refractivity contribution in [3.8, 4) is 0 Å². The molecule has 0 atom stereocenters. The molecule has 104 valence electrons. The summed E-state index contributed by atoms with van der Waals surface area (Å²) >= 11 is 0. The lowest BCUT2D eigenvalue weighted by molar-refractivity contribution is 0.0690. The van der Waals surface area contributed by atoms with Crippen LogP contribution in [0.3, 0.4) is 0 Å². The van der Waals surface area contributed by atoms with Crippen LogP contribution in [-0.2, 0) is 11.2 Å². The molecular formula is C15H16N2O3. The van der Waals surface area contributed by atoms with E-state index in [0.717, 1.165) is 17.7 Å². The zero-order chi connectivity index (χ0) is 14.4. The largest absolute Gasteiger partial charge is 0.477 e. The summed E-state index contributed by atoms with van der Waals surface area (Å²) in [5, 5.41) is 12.1. The van der Waals surface area contributed by atoms with E-state index in [1.807, 2.05) is 24.3 Å². The minimum absolute atomic E-state index is 0.0179. The lowest BCUT2D eigenvalue weighted by Crippen LogP contribution is -2.04. The van der Waals surface area contributed by atoms with Crippen molar-refractivity contribution in [3.05, 3.63) is 53.7 Å². The number of ether oxygens (including phenoxy) is 1. The van der Waals surface area contributed by atoms with E-state index in [1.165, 1.54) is 6.07 Å². The Morgan fingerprint density at radius 3 is 2.80 bits per heavy atom. The molecule has 5 heteroatoms. The van der Waals surface area contributed by atoms with Gasteiger partial charge in [0.25, 0.3) is 0 Å². The summed E-state index contributed by atoms with van der Waals surface area (Å²) in [6.07, 6.45) is 0.776. The van der Waals surface area contributed by atoms with E-state index in [-0.39, 0.29) is 5.69 Å². The second-order valence-corrected chi connectivity index (χ2v) is 4.24. The van der Waals surface area contributed by atoms with Gasteiger partial charge in [-0.05, 0) is 30.2 Å². The van der Waals surface area contributed by atoms with Gasteiger partial charge in [0.1, 0.15) is 5.82 Å². The molecule has 0 spiro atoms. The molecule has 5 nitrogen and oxygen atoms in total. The molecule has 0 amide bonds. The van der Waals surface area contributed by atoms with Crippen molar-refractivity contribution in [3.63, 3.8) is 0 Å². The summed E-state index contributed by atoms with van der Waals surface area (Å²) in [5.74, 6) is -0.531. The first kappa shape index (κ1) is 14.0. The average Bonchev–Trinajstić information content (AvgIpc) is 2.46. The molecular weight excluding hydrogens is 256 g/mol. The zero-order valence-corrected chi connectivity index (χ0v) is 11.2. The third-order valence-electron chi connectivity index (χ3n) is 2.82. The minimum atomic E-state index is -1.04. The monoisotopic (exact) mass is 272 g/mol. The number of aromatic carboxylic acids is 1. The van der Waals surface area contributed by atoms with Gasteiger partial charge in [-0.15, -0.1) is 0 Å². The molecule has 0 saturated heterocycles. The Morgan fingerprint density at radius 1 is 1.25 bits per heavy atom. The molecule has 1 aromatic carbocycles. The zero-order valence-electron chi connectivity index (χ0n) is 11.2. The molecule has 2 rings (SSSR count). The Hall–Kier alpha value is -2.40. The second-order valence-electron chi connectivity index (χ2n) is 4.24. The number of benzene rings is 1. The van der Waals surface area contributed by atoms with E-state index in [1.54, 1.807) is 19.2 Å². The topological polar surface area (TPSA) is 71.5 Å². The van der Waals surface area contributed by atoms with Crippen LogP contribution in [0.4, 0.5) is 11.5 Å². The molecule has 1 aromatic heterocycles. The van der Waals surface area contributed by atoms with Gasteiger partial charge < -0.3 is 15.2 Å². The van der Waals surface area contributed by atoms with E-state index >= 15 is 0 Å². The van der Waals surface area contributed by atoms with Crippen LogP contribution in [0.15, 0.2) is 42.5 Å². The summed E-state index contributed by atoms with van der Waals surface area (Å²) < 4.78 is 5.08. The molecule has 0 radical (unpaired) electrons. The Morgan fingerprint density at radius 2 is 2.05 bits per heavy atom. The van der Waals surface area contributed by atoms with Crippen LogP contribution >= 0.6 is 0 Å². The molecule has 1 heterocycles. The molecule has 0 unspecified atom stereocenters. The number of para-hydroxylation sites is 1. The maximum atomic E-state index is 10.9. The highest BCUT2D eigenvalue weighted by molar-refractivity contribution is 5.85. The minimum Gasteiger partial charge on any atom is -0.477 e. The Balaban J connectivity index is 2.21. The number of carboxylic acids is 1. The van der Waals surface area contributed by atoms with E-state index in [9.17, 15) is 4.79 Å². The summed E-state index contributed by atoms with van der Waals surface area (Å²) in [6, 6.07) is 12.7. The van der Waals surface area contributed by atoms with E-state index in [0.29, 0.717) is 12.4 Å². The van der Waals surface area contributed by atoms with Crippen molar-refractivity contribution in [1.82, 2.24) is 4.98 Å². The summed E-state index contributed by atoms with van der Waals surface area (Å²) in [5.41, 5.74) is 2.01. The average molecular weight is 272 g/mol. The fraction of sp³-hybridized carbons (Fsp3) is 0.200. The van der Waals surface area contributed by atoms with Crippen LogP contribution < -0.4 is 5.32 Å². The predicted octanol–water partition coefficient (Wildman–Crippen LogP) is 2.71. The fourth-order valence-corrected chi connectivity index (χ4v) is 1.83.